The fourth-order valence-electron chi connectivity index (χ4n) is 1.48. The lowest BCUT2D eigenvalue weighted by molar-refractivity contribution is -0.213. The van der Waals surface area contributed by atoms with Crippen molar-refractivity contribution in [1.29, 1.82) is 0 Å². The van der Waals surface area contributed by atoms with Crippen molar-refractivity contribution in [2.75, 3.05) is 13.2 Å². The highest BCUT2D eigenvalue weighted by Gasteiger charge is 2.37. The first-order valence-electron chi connectivity index (χ1n) is 3.97. The van der Waals surface area contributed by atoms with E-state index in [2.05, 4.69) is 0 Å². The van der Waals surface area contributed by atoms with Crippen LogP contribution >= 0.6 is 0 Å². The highest BCUT2D eigenvalue weighted by Crippen LogP contribution is 2.24. The van der Waals surface area contributed by atoms with Crippen LogP contribution < -0.4 is 0 Å². The van der Waals surface area contributed by atoms with Crippen LogP contribution in [0.4, 0.5) is 0 Å². The zero-order chi connectivity index (χ0) is 8.48. The van der Waals surface area contributed by atoms with Crippen molar-refractivity contribution in [3.05, 3.63) is 0 Å². The largest absolute Gasteiger partial charge is 0.391 e. The highest BCUT2D eigenvalue weighted by atomic mass is 16.6. The first-order chi connectivity index (χ1) is 5.04. The Morgan fingerprint density at radius 3 is 2.45 bits per heavy atom. The van der Waals surface area contributed by atoms with E-state index in [0.717, 1.165) is 0 Å². The molecule has 1 rings (SSSR count). The van der Waals surface area contributed by atoms with Gasteiger partial charge in [-0.25, -0.2) is 0 Å². The Bertz CT molecular complexity index is 131. The molecule has 1 aliphatic heterocycles. The zero-order valence-electron chi connectivity index (χ0n) is 7.33. The van der Waals surface area contributed by atoms with Gasteiger partial charge in [0.15, 0.2) is 0 Å². The van der Waals surface area contributed by atoms with E-state index >= 15 is 0 Å². The van der Waals surface area contributed by atoms with Gasteiger partial charge in [0.05, 0.1) is 24.9 Å². The number of ether oxygens (including phenoxy) is 2. The molecule has 0 saturated carbocycles. The van der Waals surface area contributed by atoms with Gasteiger partial charge in [0.1, 0.15) is 6.10 Å². The predicted molar refractivity (Wildman–Crippen MR) is 41.5 cm³/mol. The van der Waals surface area contributed by atoms with E-state index < -0.39 is 6.10 Å². The van der Waals surface area contributed by atoms with E-state index in [1.54, 1.807) is 6.92 Å². The number of hydrogen-bond donors (Lipinski definition) is 1. The SMILES string of the molecule is CC(O)C1OCCOC1(C)C. The molecule has 66 valence electrons. The summed E-state index contributed by atoms with van der Waals surface area (Å²) in [6.45, 7) is 6.80. The molecule has 0 aromatic carbocycles. The van der Waals surface area contributed by atoms with Gasteiger partial charge in [-0.05, 0) is 20.8 Å². The van der Waals surface area contributed by atoms with E-state index in [9.17, 15) is 5.11 Å². The van der Waals surface area contributed by atoms with Crippen LogP contribution in [0.5, 0.6) is 0 Å². The molecule has 0 spiro atoms. The van der Waals surface area contributed by atoms with Gasteiger partial charge in [0.25, 0.3) is 0 Å². The van der Waals surface area contributed by atoms with Gasteiger partial charge >= 0.3 is 0 Å². The lowest BCUT2D eigenvalue weighted by Crippen LogP contribution is -2.51. The number of aliphatic hydroxyl groups is 1. The van der Waals surface area contributed by atoms with Crippen molar-refractivity contribution in [2.24, 2.45) is 0 Å². The molecule has 1 heterocycles. The van der Waals surface area contributed by atoms with Crippen molar-refractivity contribution >= 4 is 0 Å². The Hall–Kier alpha value is -0.120. The molecule has 3 nitrogen and oxygen atoms in total. The van der Waals surface area contributed by atoms with Crippen molar-refractivity contribution in [3.63, 3.8) is 0 Å². The van der Waals surface area contributed by atoms with E-state index in [-0.39, 0.29) is 11.7 Å². The molecule has 0 aromatic heterocycles. The summed E-state index contributed by atoms with van der Waals surface area (Å²) >= 11 is 0. The summed E-state index contributed by atoms with van der Waals surface area (Å²) in [5.74, 6) is 0. The van der Waals surface area contributed by atoms with Crippen LogP contribution in [0.3, 0.4) is 0 Å². The van der Waals surface area contributed by atoms with Crippen LogP contribution in [-0.2, 0) is 9.47 Å². The van der Waals surface area contributed by atoms with Gasteiger partial charge in [0.2, 0.25) is 0 Å². The van der Waals surface area contributed by atoms with Crippen LogP contribution in [0, 0.1) is 0 Å². The summed E-state index contributed by atoms with van der Waals surface area (Å²) in [5, 5.41) is 9.31. The first kappa shape index (κ1) is 8.97. The lowest BCUT2D eigenvalue weighted by atomic mass is 9.96. The Labute approximate surface area is 67.3 Å². The second kappa shape index (κ2) is 3.09. The average molecular weight is 160 g/mol. The van der Waals surface area contributed by atoms with E-state index in [4.69, 9.17) is 9.47 Å². The van der Waals surface area contributed by atoms with Gasteiger partial charge in [-0.15, -0.1) is 0 Å². The molecule has 2 atom stereocenters. The van der Waals surface area contributed by atoms with Gasteiger partial charge in [-0.1, -0.05) is 0 Å². The van der Waals surface area contributed by atoms with Crippen molar-refractivity contribution in [3.8, 4) is 0 Å². The predicted octanol–water partition coefficient (Wildman–Crippen LogP) is 0.561. The first-order valence-corrected chi connectivity index (χ1v) is 3.97. The molecule has 2 unspecified atom stereocenters. The molecule has 1 saturated heterocycles. The molecule has 1 fully saturated rings. The monoisotopic (exact) mass is 160 g/mol. The molecule has 11 heavy (non-hydrogen) atoms. The third-order valence-corrected chi connectivity index (χ3v) is 1.98. The van der Waals surface area contributed by atoms with Crippen molar-refractivity contribution in [1.82, 2.24) is 0 Å². The number of rotatable bonds is 1. The second-order valence-electron chi connectivity index (χ2n) is 3.48. The fourth-order valence-corrected chi connectivity index (χ4v) is 1.48. The third-order valence-electron chi connectivity index (χ3n) is 1.98. The maximum atomic E-state index is 9.31. The van der Waals surface area contributed by atoms with E-state index in [1.807, 2.05) is 13.8 Å². The Kier molecular flexibility index (Phi) is 2.52. The molecule has 0 radical (unpaired) electrons. The summed E-state index contributed by atoms with van der Waals surface area (Å²) in [6, 6.07) is 0. The maximum absolute atomic E-state index is 9.31. The molecule has 0 bridgehead atoms. The summed E-state index contributed by atoms with van der Waals surface area (Å²) in [5.41, 5.74) is -0.355. The summed E-state index contributed by atoms with van der Waals surface area (Å²) < 4.78 is 10.8. The Morgan fingerprint density at radius 2 is 2.09 bits per heavy atom. The van der Waals surface area contributed by atoms with Crippen molar-refractivity contribution < 1.29 is 14.6 Å². The highest BCUT2D eigenvalue weighted by molar-refractivity contribution is 4.86. The minimum absolute atomic E-state index is 0.198. The minimum atomic E-state index is -0.467. The normalized spacial score (nSPS) is 33.3. The number of aliphatic hydroxyl groups excluding tert-OH is 1. The van der Waals surface area contributed by atoms with Crippen molar-refractivity contribution in [2.45, 2.75) is 38.6 Å². The lowest BCUT2D eigenvalue weighted by Gasteiger charge is -2.39. The molecular weight excluding hydrogens is 144 g/mol. The molecule has 1 N–H and O–H groups in total. The van der Waals surface area contributed by atoms with E-state index in [0.29, 0.717) is 13.2 Å². The fraction of sp³-hybridized carbons (Fsp3) is 1.00. The molecule has 0 aliphatic carbocycles. The third kappa shape index (κ3) is 1.92. The van der Waals surface area contributed by atoms with Gasteiger partial charge in [0, 0.05) is 0 Å². The number of hydrogen-bond acceptors (Lipinski definition) is 3. The summed E-state index contributed by atoms with van der Waals surface area (Å²) in [4.78, 5) is 0. The maximum Gasteiger partial charge on any atom is 0.112 e. The molecule has 0 aromatic rings. The smallest absolute Gasteiger partial charge is 0.112 e. The topological polar surface area (TPSA) is 38.7 Å². The second-order valence-corrected chi connectivity index (χ2v) is 3.48. The average Bonchev–Trinajstić information content (AvgIpc) is 1.85. The Balaban J connectivity index is 2.60. The summed E-state index contributed by atoms with van der Waals surface area (Å²) in [6.07, 6.45) is -0.665. The van der Waals surface area contributed by atoms with Crippen LogP contribution in [0.25, 0.3) is 0 Å². The zero-order valence-corrected chi connectivity index (χ0v) is 7.33. The van der Waals surface area contributed by atoms with E-state index in [1.165, 1.54) is 0 Å². The quantitative estimate of drug-likeness (QED) is 0.609. The minimum Gasteiger partial charge on any atom is -0.391 e. The molecule has 0 amide bonds. The van der Waals surface area contributed by atoms with Gasteiger partial charge < -0.3 is 14.6 Å². The van der Waals surface area contributed by atoms with Crippen LogP contribution in [0.2, 0.25) is 0 Å². The molecule has 1 aliphatic rings. The molecular formula is C8H16O3. The summed E-state index contributed by atoms with van der Waals surface area (Å²) in [7, 11) is 0. The standard InChI is InChI=1S/C8H16O3/c1-6(9)7-8(2,3)11-5-4-10-7/h6-7,9H,4-5H2,1-3H3. The molecule has 3 heteroatoms. The van der Waals surface area contributed by atoms with Crippen LogP contribution in [-0.4, -0.2) is 36.1 Å². The van der Waals surface area contributed by atoms with Crippen LogP contribution in [0.15, 0.2) is 0 Å². The van der Waals surface area contributed by atoms with Crippen LogP contribution in [0.1, 0.15) is 20.8 Å². The Morgan fingerprint density at radius 1 is 1.45 bits per heavy atom. The van der Waals surface area contributed by atoms with Gasteiger partial charge in [-0.3, -0.25) is 0 Å². The van der Waals surface area contributed by atoms with Gasteiger partial charge in [-0.2, -0.15) is 0 Å².